The molecule has 1 N–H and O–H groups in total. The molecule has 9 heteroatoms. The second-order valence-corrected chi connectivity index (χ2v) is 9.43. The fraction of sp³-hybridized carbons (Fsp3) is 0.217. The number of rotatable bonds is 6. The molecule has 32 heavy (non-hydrogen) atoms. The normalized spacial score (nSPS) is 15.2. The number of carbonyl (C=O) groups excluding carboxylic acids is 1. The van der Waals surface area contributed by atoms with E-state index >= 15 is 0 Å². The van der Waals surface area contributed by atoms with Crippen LogP contribution in [-0.4, -0.2) is 31.1 Å². The number of aromatic nitrogens is 2. The second-order valence-electron chi connectivity index (χ2n) is 7.35. The highest BCUT2D eigenvalue weighted by atomic mass is 35.5. The summed E-state index contributed by atoms with van der Waals surface area (Å²) >= 11 is 12.9. The van der Waals surface area contributed by atoms with E-state index in [1.54, 1.807) is 24.4 Å². The number of nitrogens with zero attached hydrogens (tertiary/aromatic N) is 3. The average Bonchev–Trinajstić information content (AvgIpc) is 3.04. The Morgan fingerprint density at radius 2 is 2.00 bits per heavy atom. The van der Waals surface area contributed by atoms with Crippen LogP contribution >= 0.6 is 35.6 Å². The average molecular weight is 485 g/mol. The summed E-state index contributed by atoms with van der Waals surface area (Å²) in [6.07, 6.45) is 4.14. The van der Waals surface area contributed by atoms with Crippen molar-refractivity contribution in [1.29, 1.82) is 0 Å². The molecule has 1 aliphatic heterocycles. The van der Waals surface area contributed by atoms with Crippen LogP contribution in [0.3, 0.4) is 0 Å². The van der Waals surface area contributed by atoms with Crippen LogP contribution in [0.25, 0.3) is 11.7 Å². The van der Waals surface area contributed by atoms with Crippen molar-refractivity contribution >= 4 is 63.3 Å². The number of aryl methyl sites for hydroxylation is 1. The predicted octanol–water partition coefficient (Wildman–Crippen LogP) is 4.88. The van der Waals surface area contributed by atoms with E-state index in [1.807, 2.05) is 38.1 Å². The molecule has 1 aromatic carbocycles. The first-order valence-electron chi connectivity index (χ1n) is 10.1. The lowest BCUT2D eigenvalue weighted by Gasteiger charge is -2.15. The Labute approximate surface area is 200 Å². The van der Waals surface area contributed by atoms with Gasteiger partial charge in [-0.05, 0) is 42.7 Å². The standard InChI is InChI=1S/C23H21ClN4O2S2/c1-3-10-25-19-16(21(29)27-11-6-7-14(2)20(27)26-19)12-18-22(30)28(23(31)32-18)13-15-8-4-5-9-17(15)24/h4-9,11-12,25H,3,10,13H2,1-2H3. The molecule has 164 valence electrons. The van der Waals surface area contributed by atoms with E-state index in [9.17, 15) is 9.59 Å². The van der Waals surface area contributed by atoms with E-state index in [2.05, 4.69) is 10.3 Å². The lowest BCUT2D eigenvalue weighted by Crippen LogP contribution is -2.27. The molecular formula is C23H21ClN4O2S2. The molecule has 3 heterocycles. The molecule has 2 aromatic heterocycles. The maximum atomic E-state index is 13.3. The molecule has 0 atom stereocenters. The zero-order valence-electron chi connectivity index (χ0n) is 17.6. The number of halogens is 1. The summed E-state index contributed by atoms with van der Waals surface area (Å²) in [6.45, 7) is 4.87. The molecule has 1 amide bonds. The highest BCUT2D eigenvalue weighted by Crippen LogP contribution is 2.34. The van der Waals surface area contributed by atoms with Crippen LogP contribution in [0.4, 0.5) is 5.82 Å². The highest BCUT2D eigenvalue weighted by molar-refractivity contribution is 8.26. The molecule has 0 radical (unpaired) electrons. The van der Waals surface area contributed by atoms with Gasteiger partial charge in [-0.1, -0.05) is 66.8 Å². The number of pyridine rings is 1. The molecule has 1 fully saturated rings. The molecule has 1 aliphatic rings. The van der Waals surface area contributed by atoms with Gasteiger partial charge in [0.05, 0.1) is 17.0 Å². The first-order chi connectivity index (χ1) is 15.4. The lowest BCUT2D eigenvalue weighted by molar-refractivity contribution is -0.122. The SMILES string of the molecule is CCCNc1nc2c(C)cccn2c(=O)c1C=C1SC(=S)N(Cc2ccccc2Cl)C1=O. The number of fused-ring (bicyclic) bond motifs is 1. The number of hydrogen-bond donors (Lipinski definition) is 1. The largest absolute Gasteiger partial charge is 0.369 e. The van der Waals surface area contributed by atoms with E-state index < -0.39 is 0 Å². The molecule has 0 unspecified atom stereocenters. The minimum absolute atomic E-state index is 0.242. The van der Waals surface area contributed by atoms with Gasteiger partial charge in [-0.2, -0.15) is 0 Å². The summed E-state index contributed by atoms with van der Waals surface area (Å²) in [5, 5.41) is 3.80. The van der Waals surface area contributed by atoms with Gasteiger partial charge >= 0.3 is 0 Å². The summed E-state index contributed by atoms with van der Waals surface area (Å²) in [7, 11) is 0. The van der Waals surface area contributed by atoms with Gasteiger partial charge in [0.2, 0.25) is 0 Å². The molecule has 6 nitrogen and oxygen atoms in total. The van der Waals surface area contributed by atoms with Crippen molar-refractivity contribution in [2.75, 3.05) is 11.9 Å². The summed E-state index contributed by atoms with van der Waals surface area (Å²) in [4.78, 5) is 33.0. The number of thiocarbonyl (C=S) groups is 1. The van der Waals surface area contributed by atoms with Gasteiger partial charge in [0.25, 0.3) is 11.5 Å². The topological polar surface area (TPSA) is 66.7 Å². The van der Waals surface area contributed by atoms with Crippen molar-refractivity contribution < 1.29 is 4.79 Å². The number of hydrogen-bond acceptors (Lipinski definition) is 6. The van der Waals surface area contributed by atoms with Crippen molar-refractivity contribution in [2.45, 2.75) is 26.8 Å². The first kappa shape index (κ1) is 22.5. The summed E-state index contributed by atoms with van der Waals surface area (Å²) in [5.74, 6) is 0.206. The van der Waals surface area contributed by atoms with Gasteiger partial charge in [-0.3, -0.25) is 18.9 Å². The number of amides is 1. The molecular weight excluding hydrogens is 464 g/mol. The molecule has 4 rings (SSSR count). The Kier molecular flexibility index (Phi) is 6.64. The van der Waals surface area contributed by atoms with E-state index in [0.29, 0.717) is 37.8 Å². The van der Waals surface area contributed by atoms with Gasteiger partial charge in [0.15, 0.2) is 0 Å². The van der Waals surface area contributed by atoms with Crippen molar-refractivity contribution in [3.63, 3.8) is 0 Å². The van der Waals surface area contributed by atoms with Crippen LogP contribution in [0, 0.1) is 6.92 Å². The maximum absolute atomic E-state index is 13.3. The highest BCUT2D eigenvalue weighted by Gasteiger charge is 2.33. The van der Waals surface area contributed by atoms with Gasteiger partial charge in [-0.15, -0.1) is 0 Å². The third-order valence-electron chi connectivity index (χ3n) is 5.06. The smallest absolute Gasteiger partial charge is 0.267 e. The molecule has 0 bridgehead atoms. The Morgan fingerprint density at radius 3 is 2.75 bits per heavy atom. The maximum Gasteiger partial charge on any atom is 0.267 e. The van der Waals surface area contributed by atoms with Crippen LogP contribution < -0.4 is 10.9 Å². The van der Waals surface area contributed by atoms with Crippen LogP contribution in [0.2, 0.25) is 5.02 Å². The monoisotopic (exact) mass is 484 g/mol. The molecule has 0 saturated carbocycles. The summed E-state index contributed by atoms with van der Waals surface area (Å²) in [6, 6.07) is 11.0. The molecule has 0 aliphatic carbocycles. The predicted molar refractivity (Wildman–Crippen MR) is 135 cm³/mol. The van der Waals surface area contributed by atoms with Crippen LogP contribution in [0.5, 0.6) is 0 Å². The van der Waals surface area contributed by atoms with E-state index in [1.165, 1.54) is 21.1 Å². The van der Waals surface area contributed by atoms with E-state index in [4.69, 9.17) is 23.8 Å². The zero-order valence-corrected chi connectivity index (χ0v) is 20.0. The number of benzene rings is 1. The minimum atomic E-state index is -0.255. The Bertz CT molecular complexity index is 1320. The Hall–Kier alpha value is -2.68. The van der Waals surface area contributed by atoms with Gasteiger partial charge in [0.1, 0.15) is 15.8 Å². The van der Waals surface area contributed by atoms with Crippen molar-refractivity contribution in [2.24, 2.45) is 0 Å². The van der Waals surface area contributed by atoms with Gasteiger partial charge in [-0.25, -0.2) is 4.98 Å². The Balaban J connectivity index is 1.76. The van der Waals surface area contributed by atoms with Crippen molar-refractivity contribution in [3.05, 3.63) is 79.6 Å². The first-order valence-corrected chi connectivity index (χ1v) is 11.8. The van der Waals surface area contributed by atoms with Gasteiger partial charge < -0.3 is 5.32 Å². The Morgan fingerprint density at radius 1 is 1.22 bits per heavy atom. The third-order valence-corrected chi connectivity index (χ3v) is 6.81. The number of anilines is 1. The van der Waals surface area contributed by atoms with Crippen LogP contribution in [0.1, 0.15) is 30.0 Å². The van der Waals surface area contributed by atoms with E-state index in [-0.39, 0.29) is 18.0 Å². The zero-order chi connectivity index (χ0) is 22.8. The fourth-order valence-electron chi connectivity index (χ4n) is 3.38. The molecule has 3 aromatic rings. The summed E-state index contributed by atoms with van der Waals surface area (Å²) in [5.41, 5.74) is 2.37. The summed E-state index contributed by atoms with van der Waals surface area (Å²) < 4.78 is 1.93. The molecule has 0 spiro atoms. The molecule has 1 saturated heterocycles. The quantitative estimate of drug-likeness (QED) is 0.397. The number of thioether (sulfide) groups is 1. The van der Waals surface area contributed by atoms with E-state index in [0.717, 1.165) is 17.5 Å². The third kappa shape index (κ3) is 4.30. The fourth-order valence-corrected chi connectivity index (χ4v) is 4.82. The number of nitrogens with one attached hydrogen (secondary N) is 1. The lowest BCUT2D eigenvalue weighted by atomic mass is 10.2. The van der Waals surface area contributed by atoms with Crippen molar-refractivity contribution in [3.8, 4) is 0 Å². The van der Waals surface area contributed by atoms with Gasteiger partial charge in [0, 0.05) is 17.8 Å². The second kappa shape index (κ2) is 9.44. The van der Waals surface area contributed by atoms with Crippen LogP contribution in [-0.2, 0) is 11.3 Å². The van der Waals surface area contributed by atoms with Crippen molar-refractivity contribution in [1.82, 2.24) is 14.3 Å². The number of carbonyl (C=O) groups is 1. The minimum Gasteiger partial charge on any atom is -0.369 e. The van der Waals surface area contributed by atoms with Crippen LogP contribution in [0.15, 0.2) is 52.3 Å².